The van der Waals surface area contributed by atoms with E-state index in [2.05, 4.69) is 25.8 Å². The van der Waals surface area contributed by atoms with Crippen molar-refractivity contribution in [2.75, 3.05) is 5.01 Å². The van der Waals surface area contributed by atoms with E-state index in [0.29, 0.717) is 35.2 Å². The molecule has 2 aromatic heterocycles. The summed E-state index contributed by atoms with van der Waals surface area (Å²) in [7, 11) is 3.11. The molecular weight excluding hydrogens is 392 g/mol. The zero-order valence-corrected chi connectivity index (χ0v) is 17.9. The van der Waals surface area contributed by atoms with Gasteiger partial charge in [0, 0.05) is 24.5 Å². The lowest BCUT2D eigenvalue weighted by Gasteiger charge is -2.31. The number of anilines is 1. The molecule has 0 N–H and O–H groups in total. The van der Waals surface area contributed by atoms with Crippen LogP contribution in [0.15, 0.2) is 39.0 Å². The van der Waals surface area contributed by atoms with Crippen LogP contribution in [0.25, 0.3) is 11.2 Å². The molecule has 0 spiro atoms. The number of imidazole rings is 1. The summed E-state index contributed by atoms with van der Waals surface area (Å²) < 4.78 is 4.38. The van der Waals surface area contributed by atoms with Crippen LogP contribution in [0.4, 0.5) is 5.95 Å². The van der Waals surface area contributed by atoms with Crippen molar-refractivity contribution in [2.45, 2.75) is 33.9 Å². The third-order valence-corrected chi connectivity index (χ3v) is 5.47. The Morgan fingerprint density at radius 3 is 2.34 bits per heavy atom. The van der Waals surface area contributed by atoms with E-state index in [9.17, 15) is 9.59 Å². The Bertz CT molecular complexity index is 1260. The number of hydrazone groups is 1. The van der Waals surface area contributed by atoms with Gasteiger partial charge in [0.2, 0.25) is 5.95 Å². The maximum atomic E-state index is 12.9. The Morgan fingerprint density at radius 2 is 1.72 bits per heavy atom. The van der Waals surface area contributed by atoms with Gasteiger partial charge in [-0.05, 0) is 17.7 Å². The van der Waals surface area contributed by atoms with Gasteiger partial charge in [0.1, 0.15) is 0 Å². The fourth-order valence-electron chi connectivity index (χ4n) is 3.41. The molecule has 0 unspecified atom stereocenters. The van der Waals surface area contributed by atoms with Gasteiger partial charge in [-0.25, -0.2) is 9.80 Å². The third-order valence-electron chi connectivity index (χ3n) is 5.22. The van der Waals surface area contributed by atoms with E-state index < -0.39 is 5.69 Å². The first kappa shape index (κ1) is 19.4. The molecule has 3 aromatic rings. The SMILES string of the molecule is Cn1c(=O)c2c(nc3n2CC(C(C)(C)C)=NN3Cc2ccc(Cl)cc2)n(C)c1=O. The number of hydrogen-bond donors (Lipinski definition) is 0. The van der Waals surface area contributed by atoms with E-state index in [1.807, 2.05) is 28.8 Å². The summed E-state index contributed by atoms with van der Waals surface area (Å²) in [5, 5.41) is 7.30. The minimum atomic E-state index is -0.404. The molecule has 0 radical (unpaired) electrons. The Morgan fingerprint density at radius 1 is 1.07 bits per heavy atom. The van der Waals surface area contributed by atoms with Crippen molar-refractivity contribution in [1.29, 1.82) is 0 Å². The van der Waals surface area contributed by atoms with E-state index >= 15 is 0 Å². The monoisotopic (exact) mass is 414 g/mol. The Labute approximate surface area is 172 Å². The summed E-state index contributed by atoms with van der Waals surface area (Å²) >= 11 is 6.01. The summed E-state index contributed by atoms with van der Waals surface area (Å²) in [5.74, 6) is 0.543. The van der Waals surface area contributed by atoms with Crippen LogP contribution in [0, 0.1) is 5.41 Å². The highest BCUT2D eigenvalue weighted by atomic mass is 35.5. The molecule has 0 aliphatic carbocycles. The van der Waals surface area contributed by atoms with Gasteiger partial charge in [-0.15, -0.1) is 0 Å². The van der Waals surface area contributed by atoms with Gasteiger partial charge in [-0.2, -0.15) is 10.1 Å². The predicted octanol–water partition coefficient (Wildman–Crippen LogP) is 2.51. The van der Waals surface area contributed by atoms with E-state index in [-0.39, 0.29) is 11.0 Å². The number of aromatic nitrogens is 4. The zero-order valence-electron chi connectivity index (χ0n) is 17.1. The number of hydrogen-bond acceptors (Lipinski definition) is 5. The van der Waals surface area contributed by atoms with Gasteiger partial charge in [-0.1, -0.05) is 44.5 Å². The van der Waals surface area contributed by atoms with Gasteiger partial charge >= 0.3 is 5.69 Å². The summed E-state index contributed by atoms with van der Waals surface area (Å²) in [6.07, 6.45) is 0. The summed E-state index contributed by atoms with van der Waals surface area (Å²) in [5.41, 5.74) is 1.74. The first-order valence-electron chi connectivity index (χ1n) is 9.34. The number of aryl methyl sites for hydroxylation is 1. The van der Waals surface area contributed by atoms with Crippen molar-refractivity contribution in [3.63, 3.8) is 0 Å². The van der Waals surface area contributed by atoms with Crippen molar-refractivity contribution in [3.05, 3.63) is 55.7 Å². The normalized spacial score (nSPS) is 14.3. The lowest BCUT2D eigenvalue weighted by atomic mass is 9.89. The highest BCUT2D eigenvalue weighted by molar-refractivity contribution is 6.30. The molecule has 8 nitrogen and oxygen atoms in total. The second kappa shape index (κ2) is 6.59. The maximum absolute atomic E-state index is 12.9. The van der Waals surface area contributed by atoms with Crippen LogP contribution in [0.1, 0.15) is 26.3 Å². The molecule has 152 valence electrons. The smallest absolute Gasteiger partial charge is 0.297 e. The fourth-order valence-corrected chi connectivity index (χ4v) is 3.54. The minimum Gasteiger partial charge on any atom is -0.297 e. The molecule has 1 aliphatic heterocycles. The van der Waals surface area contributed by atoms with Gasteiger partial charge in [0.25, 0.3) is 5.56 Å². The van der Waals surface area contributed by atoms with Crippen molar-refractivity contribution in [3.8, 4) is 0 Å². The molecular formula is C20H23ClN6O2. The second-order valence-electron chi connectivity index (χ2n) is 8.36. The topological polar surface area (TPSA) is 77.4 Å². The quantitative estimate of drug-likeness (QED) is 0.645. The predicted molar refractivity (Wildman–Crippen MR) is 115 cm³/mol. The van der Waals surface area contributed by atoms with E-state index in [1.165, 1.54) is 11.6 Å². The maximum Gasteiger partial charge on any atom is 0.332 e. The van der Waals surface area contributed by atoms with Gasteiger partial charge in [0.15, 0.2) is 11.2 Å². The Kier molecular flexibility index (Phi) is 4.42. The summed E-state index contributed by atoms with van der Waals surface area (Å²) in [6, 6.07) is 7.53. The lowest BCUT2D eigenvalue weighted by Crippen LogP contribution is -2.39. The van der Waals surface area contributed by atoms with Crippen molar-refractivity contribution >= 4 is 34.4 Å². The molecule has 0 saturated heterocycles. The molecule has 29 heavy (non-hydrogen) atoms. The van der Waals surface area contributed by atoms with Crippen LogP contribution in [0.5, 0.6) is 0 Å². The average Bonchev–Trinajstić information content (AvgIpc) is 3.06. The number of halogens is 1. The van der Waals surface area contributed by atoms with Gasteiger partial charge < -0.3 is 0 Å². The number of benzene rings is 1. The van der Waals surface area contributed by atoms with Crippen molar-refractivity contribution < 1.29 is 0 Å². The van der Waals surface area contributed by atoms with Crippen LogP contribution < -0.4 is 16.3 Å². The first-order chi connectivity index (χ1) is 13.6. The molecule has 0 bridgehead atoms. The Balaban J connectivity index is 1.95. The second-order valence-corrected chi connectivity index (χ2v) is 8.79. The largest absolute Gasteiger partial charge is 0.332 e. The molecule has 0 atom stereocenters. The molecule has 3 heterocycles. The number of nitrogens with zero attached hydrogens (tertiary/aromatic N) is 6. The lowest BCUT2D eigenvalue weighted by molar-refractivity contribution is 0.549. The molecule has 0 saturated carbocycles. The van der Waals surface area contributed by atoms with Crippen LogP contribution in [-0.4, -0.2) is 24.4 Å². The molecule has 1 aromatic carbocycles. The summed E-state index contributed by atoms with van der Waals surface area (Å²) in [4.78, 5) is 29.9. The van der Waals surface area contributed by atoms with Crippen LogP contribution in [0.3, 0.4) is 0 Å². The molecule has 0 fully saturated rings. The molecule has 9 heteroatoms. The van der Waals surface area contributed by atoms with Gasteiger partial charge in [0.05, 0.1) is 18.8 Å². The van der Waals surface area contributed by atoms with E-state index in [1.54, 1.807) is 12.1 Å². The van der Waals surface area contributed by atoms with Gasteiger partial charge in [-0.3, -0.25) is 18.5 Å². The Hall–Kier alpha value is -2.87. The van der Waals surface area contributed by atoms with Crippen LogP contribution >= 0.6 is 11.6 Å². The first-order valence-corrected chi connectivity index (χ1v) is 9.72. The average molecular weight is 415 g/mol. The highest BCUT2D eigenvalue weighted by Crippen LogP contribution is 2.30. The third kappa shape index (κ3) is 3.17. The molecule has 0 amide bonds. The highest BCUT2D eigenvalue weighted by Gasteiger charge is 2.31. The van der Waals surface area contributed by atoms with Crippen LogP contribution in [0.2, 0.25) is 5.02 Å². The molecule has 4 rings (SSSR count). The summed E-state index contributed by atoms with van der Waals surface area (Å²) in [6.45, 7) is 7.17. The fraction of sp³-hybridized carbons (Fsp3) is 0.400. The van der Waals surface area contributed by atoms with Crippen molar-refractivity contribution in [2.24, 2.45) is 24.6 Å². The zero-order chi connectivity index (χ0) is 21.1. The molecule has 1 aliphatic rings. The number of rotatable bonds is 2. The standard InChI is InChI=1S/C20H23ClN6O2/c1-20(2,3)14-11-26-15-16(24(4)19(29)25(5)17(15)28)22-18(26)27(23-14)10-12-6-8-13(21)9-7-12/h6-9H,10-11H2,1-5H3. The minimum absolute atomic E-state index is 0.196. The van der Waals surface area contributed by atoms with E-state index in [0.717, 1.165) is 15.8 Å². The van der Waals surface area contributed by atoms with Crippen LogP contribution in [-0.2, 0) is 27.2 Å². The van der Waals surface area contributed by atoms with Crippen molar-refractivity contribution in [1.82, 2.24) is 18.7 Å². The van der Waals surface area contributed by atoms with E-state index in [4.69, 9.17) is 16.7 Å². The number of fused-ring (bicyclic) bond motifs is 3.